The lowest BCUT2D eigenvalue weighted by molar-refractivity contribution is 0.687. The lowest BCUT2D eigenvalue weighted by Gasteiger charge is -2.10. The van der Waals surface area contributed by atoms with Gasteiger partial charge < -0.3 is 5.32 Å². The zero-order chi connectivity index (χ0) is 13.1. The van der Waals surface area contributed by atoms with Crippen LogP contribution in [-0.4, -0.2) is 11.0 Å². The fourth-order valence-corrected chi connectivity index (χ4v) is 2.30. The molecular weight excluding hydrogens is 232 g/mol. The van der Waals surface area contributed by atoms with Gasteiger partial charge in [-0.3, -0.25) is 4.98 Å². The summed E-state index contributed by atoms with van der Waals surface area (Å²) in [5.41, 5.74) is 5.50. The molecule has 1 N–H and O–H groups in total. The monoisotopic (exact) mass is 252 g/mol. The van der Waals surface area contributed by atoms with Crippen LogP contribution in [0.25, 0.3) is 0 Å². The molecule has 1 heterocycles. The highest BCUT2D eigenvalue weighted by Crippen LogP contribution is 2.20. The number of pyridine rings is 1. The fourth-order valence-electron chi connectivity index (χ4n) is 2.30. The fraction of sp³-hybridized carbons (Fsp3) is 0.353. The van der Waals surface area contributed by atoms with Crippen molar-refractivity contribution in [3.05, 3.63) is 65.0 Å². The van der Waals surface area contributed by atoms with Crippen LogP contribution in [0.1, 0.15) is 35.1 Å². The number of rotatable bonds is 5. The van der Waals surface area contributed by atoms with Crippen LogP contribution >= 0.6 is 0 Å². The molecule has 0 radical (unpaired) electrons. The van der Waals surface area contributed by atoms with Gasteiger partial charge in [-0.1, -0.05) is 18.2 Å². The topological polar surface area (TPSA) is 24.9 Å². The van der Waals surface area contributed by atoms with Crippen LogP contribution in [0.15, 0.2) is 42.7 Å². The van der Waals surface area contributed by atoms with Gasteiger partial charge in [-0.25, -0.2) is 0 Å². The molecule has 1 aliphatic carbocycles. The SMILES string of the molecule is Cc1ccc(CNC2CC2)cc1Cc1ccncc1. The molecule has 98 valence electrons. The van der Waals surface area contributed by atoms with E-state index in [9.17, 15) is 0 Å². The van der Waals surface area contributed by atoms with Crippen LogP contribution in [0.4, 0.5) is 0 Å². The van der Waals surface area contributed by atoms with E-state index in [-0.39, 0.29) is 0 Å². The van der Waals surface area contributed by atoms with Gasteiger partial charge in [0, 0.05) is 25.0 Å². The number of nitrogens with zero attached hydrogens (tertiary/aromatic N) is 1. The molecule has 0 amide bonds. The molecule has 0 saturated heterocycles. The van der Waals surface area contributed by atoms with Crippen LogP contribution in [0.5, 0.6) is 0 Å². The Morgan fingerprint density at radius 2 is 1.89 bits per heavy atom. The number of hydrogen-bond donors (Lipinski definition) is 1. The molecule has 2 aromatic rings. The lowest BCUT2D eigenvalue weighted by atomic mass is 9.99. The lowest BCUT2D eigenvalue weighted by Crippen LogP contribution is -2.15. The van der Waals surface area contributed by atoms with E-state index in [4.69, 9.17) is 0 Å². The Hall–Kier alpha value is -1.67. The van der Waals surface area contributed by atoms with Crippen molar-refractivity contribution in [3.63, 3.8) is 0 Å². The number of aryl methyl sites for hydroxylation is 1. The second-order valence-electron chi connectivity index (χ2n) is 5.45. The summed E-state index contributed by atoms with van der Waals surface area (Å²) in [5.74, 6) is 0. The predicted octanol–water partition coefficient (Wildman–Crippen LogP) is 3.23. The van der Waals surface area contributed by atoms with E-state index < -0.39 is 0 Å². The van der Waals surface area contributed by atoms with Gasteiger partial charge >= 0.3 is 0 Å². The summed E-state index contributed by atoms with van der Waals surface area (Å²) in [5, 5.41) is 3.57. The number of benzene rings is 1. The first-order chi connectivity index (χ1) is 9.31. The molecule has 1 aliphatic rings. The Kier molecular flexibility index (Phi) is 3.60. The molecule has 2 nitrogen and oxygen atoms in total. The van der Waals surface area contributed by atoms with E-state index in [1.165, 1.54) is 35.1 Å². The third kappa shape index (κ3) is 3.42. The number of nitrogens with one attached hydrogen (secondary N) is 1. The van der Waals surface area contributed by atoms with Crippen molar-refractivity contribution in [1.82, 2.24) is 10.3 Å². The Morgan fingerprint density at radius 1 is 1.11 bits per heavy atom. The molecule has 0 spiro atoms. The van der Waals surface area contributed by atoms with Crippen molar-refractivity contribution in [2.75, 3.05) is 0 Å². The summed E-state index contributed by atoms with van der Waals surface area (Å²) >= 11 is 0. The van der Waals surface area contributed by atoms with Crippen molar-refractivity contribution in [1.29, 1.82) is 0 Å². The van der Waals surface area contributed by atoms with Gasteiger partial charge in [-0.15, -0.1) is 0 Å². The average molecular weight is 252 g/mol. The third-order valence-electron chi connectivity index (χ3n) is 3.73. The summed E-state index contributed by atoms with van der Waals surface area (Å²) in [6, 6.07) is 11.8. The van der Waals surface area contributed by atoms with E-state index in [1.807, 2.05) is 12.4 Å². The smallest absolute Gasteiger partial charge is 0.0270 e. The van der Waals surface area contributed by atoms with Gasteiger partial charge in [0.15, 0.2) is 0 Å². The highest BCUT2D eigenvalue weighted by molar-refractivity contribution is 5.35. The van der Waals surface area contributed by atoms with Crippen molar-refractivity contribution in [2.45, 2.75) is 38.8 Å². The Labute approximate surface area is 114 Å². The third-order valence-corrected chi connectivity index (χ3v) is 3.73. The first kappa shape index (κ1) is 12.4. The second kappa shape index (κ2) is 5.54. The van der Waals surface area contributed by atoms with Crippen LogP contribution < -0.4 is 5.32 Å². The largest absolute Gasteiger partial charge is 0.310 e. The van der Waals surface area contributed by atoms with E-state index in [1.54, 1.807) is 0 Å². The first-order valence-electron chi connectivity index (χ1n) is 7.02. The molecule has 0 aliphatic heterocycles. The molecule has 0 unspecified atom stereocenters. The molecule has 1 saturated carbocycles. The predicted molar refractivity (Wildman–Crippen MR) is 78.1 cm³/mol. The summed E-state index contributed by atoms with van der Waals surface area (Å²) in [6.07, 6.45) is 7.41. The minimum absolute atomic E-state index is 0.768. The van der Waals surface area contributed by atoms with Crippen molar-refractivity contribution in [3.8, 4) is 0 Å². The maximum absolute atomic E-state index is 4.07. The number of aromatic nitrogens is 1. The minimum Gasteiger partial charge on any atom is -0.310 e. The molecule has 19 heavy (non-hydrogen) atoms. The zero-order valence-corrected chi connectivity index (χ0v) is 11.4. The summed E-state index contributed by atoms with van der Waals surface area (Å²) < 4.78 is 0. The molecule has 1 aromatic heterocycles. The zero-order valence-electron chi connectivity index (χ0n) is 11.4. The van der Waals surface area contributed by atoms with Gasteiger partial charge in [0.25, 0.3) is 0 Å². The molecule has 0 bridgehead atoms. The Bertz CT molecular complexity index is 544. The normalized spacial score (nSPS) is 14.6. The minimum atomic E-state index is 0.768. The van der Waals surface area contributed by atoms with E-state index >= 15 is 0 Å². The van der Waals surface area contributed by atoms with Crippen LogP contribution in [0.2, 0.25) is 0 Å². The number of hydrogen-bond acceptors (Lipinski definition) is 2. The average Bonchev–Trinajstić information content (AvgIpc) is 3.25. The molecule has 1 aromatic carbocycles. The standard InChI is InChI=1S/C17H20N2/c1-13-2-3-15(12-19-17-4-5-17)11-16(13)10-14-6-8-18-9-7-14/h2-3,6-9,11,17,19H,4-5,10,12H2,1H3. The van der Waals surface area contributed by atoms with Crippen molar-refractivity contribution >= 4 is 0 Å². The van der Waals surface area contributed by atoms with Gasteiger partial charge in [-0.2, -0.15) is 0 Å². The molecular formula is C17H20N2. The van der Waals surface area contributed by atoms with Gasteiger partial charge in [-0.05, 0) is 60.6 Å². The van der Waals surface area contributed by atoms with E-state index in [0.717, 1.165) is 19.0 Å². The van der Waals surface area contributed by atoms with E-state index in [2.05, 4.69) is 47.6 Å². The first-order valence-corrected chi connectivity index (χ1v) is 7.02. The maximum atomic E-state index is 4.07. The summed E-state index contributed by atoms with van der Waals surface area (Å²) in [7, 11) is 0. The van der Waals surface area contributed by atoms with Crippen LogP contribution in [0, 0.1) is 6.92 Å². The maximum Gasteiger partial charge on any atom is 0.0270 e. The van der Waals surface area contributed by atoms with Gasteiger partial charge in [0.05, 0.1) is 0 Å². The highest BCUT2D eigenvalue weighted by Gasteiger charge is 2.19. The Balaban J connectivity index is 1.73. The van der Waals surface area contributed by atoms with Crippen molar-refractivity contribution in [2.24, 2.45) is 0 Å². The van der Waals surface area contributed by atoms with Crippen LogP contribution in [-0.2, 0) is 13.0 Å². The van der Waals surface area contributed by atoms with Crippen molar-refractivity contribution < 1.29 is 0 Å². The second-order valence-corrected chi connectivity index (χ2v) is 5.45. The van der Waals surface area contributed by atoms with Gasteiger partial charge in [0.1, 0.15) is 0 Å². The molecule has 1 fully saturated rings. The quantitative estimate of drug-likeness (QED) is 0.883. The molecule has 2 heteroatoms. The summed E-state index contributed by atoms with van der Waals surface area (Å²) in [6.45, 7) is 3.18. The van der Waals surface area contributed by atoms with E-state index in [0.29, 0.717) is 0 Å². The molecule has 3 rings (SSSR count). The Morgan fingerprint density at radius 3 is 2.63 bits per heavy atom. The van der Waals surface area contributed by atoms with Gasteiger partial charge in [0.2, 0.25) is 0 Å². The highest BCUT2D eigenvalue weighted by atomic mass is 14.9. The molecule has 0 atom stereocenters. The summed E-state index contributed by atoms with van der Waals surface area (Å²) in [4.78, 5) is 4.07. The van der Waals surface area contributed by atoms with Crippen LogP contribution in [0.3, 0.4) is 0 Å².